The Morgan fingerprint density at radius 2 is 2.13 bits per heavy atom. The van der Waals surface area contributed by atoms with Crippen molar-refractivity contribution in [2.75, 3.05) is 6.54 Å². The van der Waals surface area contributed by atoms with Crippen molar-refractivity contribution in [3.8, 4) is 0 Å². The molecule has 0 spiro atoms. The molecule has 1 N–H and O–H groups in total. The zero-order valence-corrected chi connectivity index (χ0v) is 14.5. The number of carbonyl (C=O) groups is 1. The lowest BCUT2D eigenvalue weighted by atomic mass is 9.97. The monoisotopic (exact) mass is 374 g/mol. The van der Waals surface area contributed by atoms with Gasteiger partial charge in [-0.05, 0) is 43.0 Å². The number of hydrogen-bond acceptors (Lipinski definition) is 3. The third kappa shape index (κ3) is 3.16. The van der Waals surface area contributed by atoms with Crippen LogP contribution in [0.2, 0.25) is 0 Å². The zero-order valence-electron chi connectivity index (χ0n) is 12.9. The van der Waals surface area contributed by atoms with Crippen LogP contribution >= 0.6 is 15.9 Å². The summed E-state index contributed by atoms with van der Waals surface area (Å²) >= 11 is 3.62. The second-order valence-corrected chi connectivity index (χ2v) is 6.72. The van der Waals surface area contributed by atoms with Gasteiger partial charge >= 0.3 is 5.97 Å². The summed E-state index contributed by atoms with van der Waals surface area (Å²) in [5.74, 6) is -0.756. The fourth-order valence-electron chi connectivity index (χ4n) is 3.33. The molecule has 0 radical (unpaired) electrons. The number of aryl methyl sites for hydroxylation is 1. The minimum atomic E-state index is -0.756. The van der Waals surface area contributed by atoms with Gasteiger partial charge in [0.2, 0.25) is 0 Å². The average Bonchev–Trinajstić information content (AvgIpc) is 3.01. The van der Waals surface area contributed by atoms with Crippen LogP contribution in [0.15, 0.2) is 47.1 Å². The van der Waals surface area contributed by atoms with Crippen molar-refractivity contribution in [1.82, 2.24) is 9.88 Å². The summed E-state index contributed by atoms with van der Waals surface area (Å²) in [5, 5.41) is 9.59. The molecule has 23 heavy (non-hydrogen) atoms. The molecule has 3 rings (SSSR count). The molecule has 0 bridgehead atoms. The minimum Gasteiger partial charge on any atom is -0.480 e. The fraction of sp³-hybridized carbons (Fsp3) is 0.333. The normalized spacial score (nSPS) is 19.7. The molecular weight excluding hydrogens is 356 g/mol. The fourth-order valence-corrected chi connectivity index (χ4v) is 3.83. The van der Waals surface area contributed by atoms with E-state index in [4.69, 9.17) is 0 Å². The van der Waals surface area contributed by atoms with Gasteiger partial charge in [-0.15, -0.1) is 0 Å². The van der Waals surface area contributed by atoms with Gasteiger partial charge in [-0.2, -0.15) is 0 Å². The van der Waals surface area contributed by atoms with Crippen LogP contribution in [0.4, 0.5) is 0 Å². The average molecular weight is 375 g/mol. The van der Waals surface area contributed by atoms with Crippen LogP contribution in [0, 0.1) is 6.92 Å². The van der Waals surface area contributed by atoms with Crippen molar-refractivity contribution < 1.29 is 9.90 Å². The first-order chi connectivity index (χ1) is 11.1. The summed E-state index contributed by atoms with van der Waals surface area (Å²) < 4.78 is 0.978. The third-order valence-corrected chi connectivity index (χ3v) is 5.14. The van der Waals surface area contributed by atoms with Gasteiger partial charge < -0.3 is 5.11 Å². The van der Waals surface area contributed by atoms with E-state index in [0.29, 0.717) is 6.42 Å². The van der Waals surface area contributed by atoms with Crippen molar-refractivity contribution in [1.29, 1.82) is 0 Å². The quantitative estimate of drug-likeness (QED) is 0.884. The van der Waals surface area contributed by atoms with Crippen LogP contribution in [-0.4, -0.2) is 33.5 Å². The number of aromatic nitrogens is 1. The lowest BCUT2D eigenvalue weighted by Crippen LogP contribution is -2.40. The van der Waals surface area contributed by atoms with Crippen molar-refractivity contribution >= 4 is 21.9 Å². The minimum absolute atomic E-state index is 0.157. The Kier molecular flexibility index (Phi) is 4.78. The lowest BCUT2D eigenvalue weighted by Gasteiger charge is -2.32. The second kappa shape index (κ2) is 6.81. The highest BCUT2D eigenvalue weighted by Crippen LogP contribution is 2.38. The molecule has 2 heterocycles. The first-order valence-electron chi connectivity index (χ1n) is 7.74. The number of likely N-dealkylation sites (tertiary alicyclic amines) is 1. The molecule has 1 aliphatic heterocycles. The van der Waals surface area contributed by atoms with Crippen molar-refractivity contribution in [3.05, 3.63) is 63.9 Å². The van der Waals surface area contributed by atoms with E-state index < -0.39 is 12.0 Å². The highest BCUT2D eigenvalue weighted by atomic mass is 79.9. The molecule has 1 aromatic heterocycles. The van der Waals surface area contributed by atoms with Crippen molar-refractivity contribution in [2.45, 2.75) is 31.8 Å². The van der Waals surface area contributed by atoms with Crippen LogP contribution in [0.1, 0.15) is 35.7 Å². The number of pyridine rings is 1. The predicted octanol–water partition coefficient (Wildman–Crippen LogP) is 3.79. The van der Waals surface area contributed by atoms with Crippen LogP contribution < -0.4 is 0 Å². The molecular formula is C18H19BrN2O2. The van der Waals surface area contributed by atoms with E-state index in [0.717, 1.165) is 34.3 Å². The number of nitrogens with zero attached hydrogens (tertiary/aromatic N) is 2. The van der Waals surface area contributed by atoms with Gasteiger partial charge in [0, 0.05) is 17.2 Å². The first-order valence-corrected chi connectivity index (χ1v) is 8.53. The maximum Gasteiger partial charge on any atom is 0.320 e. The Hall–Kier alpha value is -1.72. The molecule has 2 atom stereocenters. The largest absolute Gasteiger partial charge is 0.480 e. The Morgan fingerprint density at radius 3 is 2.83 bits per heavy atom. The van der Waals surface area contributed by atoms with E-state index in [-0.39, 0.29) is 6.04 Å². The summed E-state index contributed by atoms with van der Waals surface area (Å²) in [6, 6.07) is 11.3. The Balaban J connectivity index is 2.13. The highest BCUT2D eigenvalue weighted by molar-refractivity contribution is 9.10. The Morgan fingerprint density at radius 1 is 1.35 bits per heavy atom. The Bertz CT molecular complexity index is 674. The van der Waals surface area contributed by atoms with Gasteiger partial charge in [-0.3, -0.25) is 14.7 Å². The van der Waals surface area contributed by atoms with Gasteiger partial charge in [0.1, 0.15) is 6.04 Å². The molecule has 1 aliphatic rings. The van der Waals surface area contributed by atoms with Crippen LogP contribution in [0.25, 0.3) is 0 Å². The van der Waals surface area contributed by atoms with Gasteiger partial charge in [0.15, 0.2) is 0 Å². The maximum atomic E-state index is 11.7. The van der Waals surface area contributed by atoms with Crippen molar-refractivity contribution in [3.63, 3.8) is 0 Å². The summed E-state index contributed by atoms with van der Waals surface area (Å²) in [4.78, 5) is 18.3. The first kappa shape index (κ1) is 16.1. The van der Waals surface area contributed by atoms with Crippen LogP contribution in [-0.2, 0) is 4.79 Å². The number of carboxylic acid groups (broad SMARTS) is 1. The summed E-state index contributed by atoms with van der Waals surface area (Å²) in [5.41, 5.74) is 3.05. The molecule has 0 aliphatic carbocycles. The number of halogens is 1. The van der Waals surface area contributed by atoms with E-state index in [1.165, 1.54) is 0 Å². The highest BCUT2D eigenvalue weighted by Gasteiger charge is 2.38. The van der Waals surface area contributed by atoms with E-state index in [1.54, 1.807) is 6.20 Å². The molecule has 1 aromatic carbocycles. The number of aliphatic carboxylic acids is 1. The summed E-state index contributed by atoms with van der Waals surface area (Å²) in [6.45, 7) is 2.79. The molecule has 120 valence electrons. The maximum absolute atomic E-state index is 11.7. The van der Waals surface area contributed by atoms with Gasteiger partial charge in [-0.25, -0.2) is 0 Å². The SMILES string of the molecule is Cc1cccnc1C(c1ccccc1Br)N1CCCC1C(=O)O. The third-order valence-electron chi connectivity index (χ3n) is 4.42. The standard InChI is InChI=1S/C18H19BrN2O2/c1-12-6-4-10-20-16(12)17(13-7-2-3-8-14(13)19)21-11-5-9-15(21)18(22)23/h2-4,6-8,10,15,17H,5,9,11H2,1H3,(H,22,23). The molecule has 2 unspecified atom stereocenters. The predicted molar refractivity (Wildman–Crippen MR) is 92.3 cm³/mol. The van der Waals surface area contributed by atoms with Gasteiger partial charge in [-0.1, -0.05) is 40.2 Å². The molecule has 1 fully saturated rings. The van der Waals surface area contributed by atoms with Crippen molar-refractivity contribution in [2.24, 2.45) is 0 Å². The number of rotatable bonds is 4. The summed E-state index contributed by atoms with van der Waals surface area (Å²) in [7, 11) is 0. The molecule has 0 amide bonds. The van der Waals surface area contributed by atoms with Gasteiger partial charge in [0.05, 0.1) is 11.7 Å². The van der Waals surface area contributed by atoms with E-state index in [2.05, 4.69) is 25.8 Å². The number of carboxylic acids is 1. The van der Waals surface area contributed by atoms with E-state index in [9.17, 15) is 9.90 Å². The van der Waals surface area contributed by atoms with E-state index in [1.807, 2.05) is 43.3 Å². The van der Waals surface area contributed by atoms with E-state index >= 15 is 0 Å². The molecule has 0 saturated carbocycles. The van der Waals surface area contributed by atoms with Gasteiger partial charge in [0.25, 0.3) is 0 Å². The summed E-state index contributed by atoms with van der Waals surface area (Å²) in [6.07, 6.45) is 3.35. The molecule has 2 aromatic rings. The molecule has 1 saturated heterocycles. The molecule has 5 heteroatoms. The zero-order chi connectivity index (χ0) is 16.4. The number of hydrogen-bond donors (Lipinski definition) is 1. The van der Waals surface area contributed by atoms with Crippen LogP contribution in [0.5, 0.6) is 0 Å². The van der Waals surface area contributed by atoms with Crippen LogP contribution in [0.3, 0.4) is 0 Å². The smallest absolute Gasteiger partial charge is 0.320 e. The molecule has 4 nitrogen and oxygen atoms in total. The number of benzene rings is 1. The topological polar surface area (TPSA) is 53.4 Å². The Labute approximate surface area is 144 Å². The lowest BCUT2D eigenvalue weighted by molar-refractivity contribution is -0.142. The second-order valence-electron chi connectivity index (χ2n) is 5.86.